The standard InChI is InChI=1S/C21H28N2O/c1-3-5-14-23(15-6-4-2)16-17-10-9-12-19-21(17)24-20-13-8-7-11-18(20)22-19/h7-13,22H,3-6,14-16H2,1-2H3. The first-order valence-electron chi connectivity index (χ1n) is 9.20. The van der Waals surface area contributed by atoms with Crippen LogP contribution in [0.4, 0.5) is 11.4 Å². The molecule has 1 aliphatic heterocycles. The molecular formula is C21H28N2O. The van der Waals surface area contributed by atoms with Gasteiger partial charge in [0.05, 0.1) is 11.4 Å². The van der Waals surface area contributed by atoms with Gasteiger partial charge in [0, 0.05) is 12.1 Å². The van der Waals surface area contributed by atoms with Crippen LogP contribution in [0.1, 0.15) is 45.1 Å². The van der Waals surface area contributed by atoms with Crippen LogP contribution in [0, 0.1) is 0 Å². The molecule has 0 radical (unpaired) electrons. The molecule has 0 atom stereocenters. The van der Waals surface area contributed by atoms with E-state index in [1.807, 2.05) is 18.2 Å². The Morgan fingerprint density at radius 1 is 0.875 bits per heavy atom. The number of hydrogen-bond acceptors (Lipinski definition) is 3. The second-order valence-electron chi connectivity index (χ2n) is 6.50. The molecular weight excluding hydrogens is 296 g/mol. The Labute approximate surface area is 145 Å². The Kier molecular flexibility index (Phi) is 5.76. The molecule has 3 heteroatoms. The Bertz CT molecular complexity index is 661. The minimum absolute atomic E-state index is 0.908. The molecule has 0 aromatic heterocycles. The lowest BCUT2D eigenvalue weighted by Gasteiger charge is -2.27. The van der Waals surface area contributed by atoms with Crippen molar-refractivity contribution in [1.82, 2.24) is 4.90 Å². The van der Waals surface area contributed by atoms with E-state index in [4.69, 9.17) is 4.74 Å². The van der Waals surface area contributed by atoms with Crippen LogP contribution in [0.15, 0.2) is 42.5 Å². The van der Waals surface area contributed by atoms with Gasteiger partial charge in [-0.2, -0.15) is 0 Å². The van der Waals surface area contributed by atoms with E-state index < -0.39 is 0 Å². The molecule has 0 spiro atoms. The van der Waals surface area contributed by atoms with E-state index in [2.05, 4.69) is 48.3 Å². The first-order valence-corrected chi connectivity index (χ1v) is 9.20. The summed E-state index contributed by atoms with van der Waals surface area (Å²) in [5.74, 6) is 1.89. The Morgan fingerprint density at radius 3 is 2.33 bits per heavy atom. The molecule has 24 heavy (non-hydrogen) atoms. The summed E-state index contributed by atoms with van der Waals surface area (Å²) >= 11 is 0. The molecule has 3 rings (SSSR count). The molecule has 3 nitrogen and oxygen atoms in total. The molecule has 0 unspecified atom stereocenters. The van der Waals surface area contributed by atoms with E-state index >= 15 is 0 Å². The first kappa shape index (κ1) is 16.8. The zero-order valence-corrected chi connectivity index (χ0v) is 14.8. The van der Waals surface area contributed by atoms with Gasteiger partial charge in [-0.1, -0.05) is 51.0 Å². The Hall–Kier alpha value is -2.00. The predicted octanol–water partition coefficient (Wildman–Crippen LogP) is 5.94. The zero-order valence-electron chi connectivity index (χ0n) is 14.8. The van der Waals surface area contributed by atoms with Gasteiger partial charge in [0.15, 0.2) is 11.5 Å². The van der Waals surface area contributed by atoms with Crippen molar-refractivity contribution in [3.05, 3.63) is 48.0 Å². The van der Waals surface area contributed by atoms with Gasteiger partial charge in [-0.15, -0.1) is 0 Å². The summed E-state index contributed by atoms with van der Waals surface area (Å²) in [6.45, 7) is 7.78. The number of benzene rings is 2. The van der Waals surface area contributed by atoms with Crippen LogP contribution in [0.3, 0.4) is 0 Å². The van der Waals surface area contributed by atoms with Crippen molar-refractivity contribution in [1.29, 1.82) is 0 Å². The molecule has 0 fully saturated rings. The van der Waals surface area contributed by atoms with Gasteiger partial charge in [-0.3, -0.25) is 4.90 Å². The summed E-state index contributed by atoms with van der Waals surface area (Å²) in [7, 11) is 0. The molecule has 2 aromatic rings. The highest BCUT2D eigenvalue weighted by atomic mass is 16.5. The third kappa shape index (κ3) is 3.90. The summed E-state index contributed by atoms with van der Waals surface area (Å²) in [5.41, 5.74) is 3.37. The van der Waals surface area contributed by atoms with Crippen molar-refractivity contribution < 1.29 is 4.74 Å². The molecule has 1 heterocycles. The van der Waals surface area contributed by atoms with Crippen molar-refractivity contribution in [2.75, 3.05) is 18.4 Å². The van der Waals surface area contributed by atoms with Gasteiger partial charge in [-0.05, 0) is 44.1 Å². The SMILES string of the molecule is CCCCN(CCCC)Cc1cccc2c1Oc1ccccc1N2. The maximum Gasteiger partial charge on any atom is 0.155 e. The minimum atomic E-state index is 0.908. The van der Waals surface area contributed by atoms with Crippen molar-refractivity contribution in [3.63, 3.8) is 0 Å². The third-order valence-electron chi connectivity index (χ3n) is 4.51. The number of ether oxygens (including phenoxy) is 1. The fourth-order valence-electron chi connectivity index (χ4n) is 3.12. The molecule has 2 aromatic carbocycles. The maximum absolute atomic E-state index is 6.23. The van der Waals surface area contributed by atoms with E-state index in [-0.39, 0.29) is 0 Å². The lowest BCUT2D eigenvalue weighted by atomic mass is 10.1. The Morgan fingerprint density at radius 2 is 1.58 bits per heavy atom. The highest BCUT2D eigenvalue weighted by Gasteiger charge is 2.20. The van der Waals surface area contributed by atoms with E-state index in [0.29, 0.717) is 0 Å². The highest BCUT2D eigenvalue weighted by Crippen LogP contribution is 2.43. The van der Waals surface area contributed by atoms with Crippen molar-refractivity contribution in [2.45, 2.75) is 46.1 Å². The fraction of sp³-hybridized carbons (Fsp3) is 0.429. The number of nitrogens with one attached hydrogen (secondary N) is 1. The quantitative estimate of drug-likeness (QED) is 0.555. The summed E-state index contributed by atoms with van der Waals surface area (Å²) in [6.07, 6.45) is 4.98. The van der Waals surface area contributed by atoms with Gasteiger partial charge in [0.1, 0.15) is 0 Å². The zero-order chi connectivity index (χ0) is 16.8. The highest BCUT2D eigenvalue weighted by molar-refractivity contribution is 5.76. The predicted molar refractivity (Wildman–Crippen MR) is 101 cm³/mol. The van der Waals surface area contributed by atoms with Crippen molar-refractivity contribution >= 4 is 11.4 Å². The van der Waals surface area contributed by atoms with Crippen LogP contribution >= 0.6 is 0 Å². The average molecular weight is 324 g/mol. The second kappa shape index (κ2) is 8.20. The fourth-order valence-corrected chi connectivity index (χ4v) is 3.12. The van der Waals surface area contributed by atoms with Crippen LogP contribution in [0.5, 0.6) is 11.5 Å². The smallest absolute Gasteiger partial charge is 0.155 e. The lowest BCUT2D eigenvalue weighted by Crippen LogP contribution is -2.26. The van der Waals surface area contributed by atoms with Crippen LogP contribution in [-0.4, -0.2) is 18.0 Å². The molecule has 1 N–H and O–H groups in total. The molecule has 0 saturated heterocycles. The lowest BCUT2D eigenvalue weighted by molar-refractivity contribution is 0.254. The number of nitrogens with zero attached hydrogens (tertiary/aromatic N) is 1. The number of unbranched alkanes of at least 4 members (excludes halogenated alkanes) is 2. The molecule has 128 valence electrons. The monoisotopic (exact) mass is 324 g/mol. The van der Waals surface area contributed by atoms with Crippen molar-refractivity contribution in [3.8, 4) is 11.5 Å². The number of fused-ring (bicyclic) bond motifs is 2. The normalized spacial score (nSPS) is 12.3. The second-order valence-corrected chi connectivity index (χ2v) is 6.50. The summed E-state index contributed by atoms with van der Waals surface area (Å²) in [5, 5.41) is 3.50. The van der Waals surface area contributed by atoms with E-state index in [0.717, 1.165) is 42.5 Å². The van der Waals surface area contributed by atoms with E-state index in [9.17, 15) is 0 Å². The van der Waals surface area contributed by atoms with Crippen LogP contribution in [-0.2, 0) is 6.54 Å². The van der Waals surface area contributed by atoms with E-state index in [1.54, 1.807) is 0 Å². The van der Waals surface area contributed by atoms with Gasteiger partial charge in [-0.25, -0.2) is 0 Å². The third-order valence-corrected chi connectivity index (χ3v) is 4.51. The van der Waals surface area contributed by atoms with Gasteiger partial charge >= 0.3 is 0 Å². The molecule has 0 bridgehead atoms. The summed E-state index contributed by atoms with van der Waals surface area (Å²) in [6, 6.07) is 14.5. The number of rotatable bonds is 8. The molecule has 0 amide bonds. The largest absolute Gasteiger partial charge is 0.453 e. The van der Waals surface area contributed by atoms with E-state index in [1.165, 1.54) is 31.2 Å². The maximum atomic E-state index is 6.23. The minimum Gasteiger partial charge on any atom is -0.453 e. The Balaban J connectivity index is 1.79. The van der Waals surface area contributed by atoms with Gasteiger partial charge in [0.2, 0.25) is 0 Å². The molecule has 1 aliphatic rings. The van der Waals surface area contributed by atoms with Gasteiger partial charge < -0.3 is 10.1 Å². The first-order chi connectivity index (χ1) is 11.8. The van der Waals surface area contributed by atoms with Crippen molar-refractivity contribution in [2.24, 2.45) is 0 Å². The van der Waals surface area contributed by atoms with Crippen LogP contribution in [0.25, 0.3) is 0 Å². The van der Waals surface area contributed by atoms with Crippen LogP contribution in [0.2, 0.25) is 0 Å². The number of para-hydroxylation sites is 3. The van der Waals surface area contributed by atoms with Gasteiger partial charge in [0.25, 0.3) is 0 Å². The summed E-state index contributed by atoms with van der Waals surface area (Å²) in [4.78, 5) is 2.56. The average Bonchev–Trinajstić information content (AvgIpc) is 2.62. The molecule has 0 aliphatic carbocycles. The van der Waals surface area contributed by atoms with Crippen LogP contribution < -0.4 is 10.1 Å². The number of hydrogen-bond donors (Lipinski definition) is 1. The molecule has 0 saturated carbocycles. The summed E-state index contributed by atoms with van der Waals surface area (Å²) < 4.78 is 6.23. The topological polar surface area (TPSA) is 24.5 Å². The number of anilines is 2.